The van der Waals surface area contributed by atoms with E-state index in [1.807, 2.05) is 6.07 Å². The first-order valence-electron chi connectivity index (χ1n) is 6.64. The van der Waals surface area contributed by atoms with E-state index in [2.05, 4.69) is 44.7 Å². The minimum Gasteiger partial charge on any atom is -0.299 e. The summed E-state index contributed by atoms with van der Waals surface area (Å²) in [5, 5.41) is 10.8. The summed E-state index contributed by atoms with van der Waals surface area (Å²) in [6.45, 7) is 2.32. The average Bonchev–Trinajstić information content (AvgIpc) is 3.11. The summed E-state index contributed by atoms with van der Waals surface area (Å²) in [5.41, 5.74) is 2.97. The number of hydrogen-bond donors (Lipinski definition) is 1. The van der Waals surface area contributed by atoms with Crippen LogP contribution in [0.4, 0.5) is 5.13 Å². The smallest absolute Gasteiger partial charge is 0.240 e. The lowest BCUT2D eigenvalue weighted by Gasteiger charge is -2.15. The second-order valence-electron chi connectivity index (χ2n) is 4.92. The van der Waals surface area contributed by atoms with Crippen LogP contribution < -0.4 is 5.32 Å². The molecule has 6 heteroatoms. The lowest BCUT2D eigenvalue weighted by molar-refractivity contribution is -0.117. The lowest BCUT2D eigenvalue weighted by Crippen LogP contribution is -2.31. The van der Waals surface area contributed by atoms with Crippen molar-refractivity contribution in [2.24, 2.45) is 0 Å². The van der Waals surface area contributed by atoms with Crippen molar-refractivity contribution in [1.82, 2.24) is 15.1 Å². The third kappa shape index (κ3) is 3.20. The average molecular weight is 288 g/mol. The third-order valence-electron chi connectivity index (χ3n) is 3.52. The monoisotopic (exact) mass is 288 g/mol. The van der Waals surface area contributed by atoms with Gasteiger partial charge in [0.25, 0.3) is 0 Å². The summed E-state index contributed by atoms with van der Waals surface area (Å²) < 4.78 is 0. The summed E-state index contributed by atoms with van der Waals surface area (Å²) in [7, 11) is 0. The molecule has 0 radical (unpaired) electrons. The molecule has 1 N–H and O–H groups in total. The summed E-state index contributed by atoms with van der Waals surface area (Å²) in [6, 6.07) is 10.5. The standard InChI is InChI=1S/C14H16N4OS/c19-13(16-14-17-15-10-20-14)9-18-7-6-12(8-18)11-4-2-1-3-5-11/h1-5,10,12H,6-9H2,(H,16,17,19)/t12-/m0/s1. The first kappa shape index (κ1) is 13.2. The van der Waals surface area contributed by atoms with Crippen LogP contribution in [0, 0.1) is 0 Å². The maximum Gasteiger partial charge on any atom is 0.240 e. The molecule has 2 heterocycles. The van der Waals surface area contributed by atoms with Gasteiger partial charge in [0, 0.05) is 6.54 Å². The lowest BCUT2D eigenvalue weighted by atomic mass is 9.99. The molecule has 1 saturated heterocycles. The number of amides is 1. The number of benzene rings is 1. The molecule has 5 nitrogen and oxygen atoms in total. The Hall–Kier alpha value is -1.79. The van der Waals surface area contributed by atoms with Gasteiger partial charge in [0.05, 0.1) is 6.54 Å². The van der Waals surface area contributed by atoms with Crippen LogP contribution in [0.15, 0.2) is 35.8 Å². The number of anilines is 1. The highest BCUT2D eigenvalue weighted by atomic mass is 32.1. The zero-order chi connectivity index (χ0) is 13.8. The molecular formula is C14H16N4OS. The number of carbonyl (C=O) groups is 1. The van der Waals surface area contributed by atoms with Gasteiger partial charge in [0.1, 0.15) is 5.51 Å². The molecule has 3 rings (SSSR count). The van der Waals surface area contributed by atoms with Gasteiger partial charge in [-0.15, -0.1) is 10.2 Å². The van der Waals surface area contributed by atoms with Crippen molar-refractivity contribution >= 4 is 22.4 Å². The Kier molecular flexibility index (Phi) is 4.03. The predicted octanol–water partition coefficient (Wildman–Crippen LogP) is 1.97. The minimum atomic E-state index is -0.0181. The Morgan fingerprint density at radius 2 is 2.25 bits per heavy atom. The Morgan fingerprint density at radius 3 is 3.00 bits per heavy atom. The largest absolute Gasteiger partial charge is 0.299 e. The normalized spacial score (nSPS) is 19.1. The maximum atomic E-state index is 11.9. The molecule has 0 spiro atoms. The molecule has 0 aliphatic carbocycles. The molecule has 0 bridgehead atoms. The van der Waals surface area contributed by atoms with E-state index in [0.717, 1.165) is 19.5 Å². The van der Waals surface area contributed by atoms with Gasteiger partial charge in [-0.1, -0.05) is 41.7 Å². The Bertz CT molecular complexity index is 558. The second-order valence-corrected chi connectivity index (χ2v) is 5.76. The highest BCUT2D eigenvalue weighted by Crippen LogP contribution is 2.26. The molecule has 1 fully saturated rings. The highest BCUT2D eigenvalue weighted by molar-refractivity contribution is 7.13. The van der Waals surface area contributed by atoms with Crippen molar-refractivity contribution in [3.8, 4) is 0 Å². The van der Waals surface area contributed by atoms with E-state index < -0.39 is 0 Å². The van der Waals surface area contributed by atoms with Crippen molar-refractivity contribution in [2.75, 3.05) is 25.0 Å². The molecule has 0 unspecified atom stereocenters. The Balaban J connectivity index is 1.52. The number of aromatic nitrogens is 2. The Labute approximate surface area is 121 Å². The molecule has 1 aliphatic rings. The number of hydrogen-bond acceptors (Lipinski definition) is 5. The maximum absolute atomic E-state index is 11.9. The predicted molar refractivity (Wildman–Crippen MR) is 78.8 cm³/mol. The van der Waals surface area contributed by atoms with Gasteiger partial charge in [-0.3, -0.25) is 15.0 Å². The van der Waals surface area contributed by atoms with Crippen LogP contribution in [0.3, 0.4) is 0 Å². The van der Waals surface area contributed by atoms with Crippen LogP contribution in [0.5, 0.6) is 0 Å². The fraction of sp³-hybridized carbons (Fsp3) is 0.357. The van der Waals surface area contributed by atoms with E-state index in [9.17, 15) is 4.79 Å². The Morgan fingerprint density at radius 1 is 1.40 bits per heavy atom. The van der Waals surface area contributed by atoms with Gasteiger partial charge in [0.2, 0.25) is 11.0 Å². The zero-order valence-corrected chi connectivity index (χ0v) is 11.8. The van der Waals surface area contributed by atoms with Gasteiger partial charge in [0.15, 0.2) is 0 Å². The number of carbonyl (C=O) groups excluding carboxylic acids is 1. The van der Waals surface area contributed by atoms with Crippen LogP contribution >= 0.6 is 11.3 Å². The minimum absolute atomic E-state index is 0.0181. The third-order valence-corrected chi connectivity index (χ3v) is 4.12. The first-order chi connectivity index (χ1) is 9.81. The van der Waals surface area contributed by atoms with E-state index in [-0.39, 0.29) is 5.91 Å². The number of nitrogens with one attached hydrogen (secondary N) is 1. The molecular weight excluding hydrogens is 272 g/mol. The van der Waals surface area contributed by atoms with Crippen molar-refractivity contribution in [3.05, 3.63) is 41.4 Å². The quantitative estimate of drug-likeness (QED) is 0.934. The van der Waals surface area contributed by atoms with Crippen molar-refractivity contribution in [1.29, 1.82) is 0 Å². The number of rotatable bonds is 4. The SMILES string of the molecule is O=C(CN1CC[C@H](c2ccccc2)C1)Nc1nncs1. The van der Waals surface area contributed by atoms with Gasteiger partial charge in [-0.05, 0) is 24.4 Å². The molecule has 0 saturated carbocycles. The fourth-order valence-electron chi connectivity index (χ4n) is 2.56. The van der Waals surface area contributed by atoms with Gasteiger partial charge >= 0.3 is 0 Å². The summed E-state index contributed by atoms with van der Waals surface area (Å²) in [5.74, 6) is 0.515. The van der Waals surface area contributed by atoms with Crippen molar-refractivity contribution < 1.29 is 4.79 Å². The number of nitrogens with zero attached hydrogens (tertiary/aromatic N) is 3. The van der Waals surface area contributed by atoms with Gasteiger partial charge in [-0.2, -0.15) is 0 Å². The summed E-state index contributed by atoms with van der Waals surface area (Å²) >= 11 is 1.33. The van der Waals surface area contributed by atoms with Crippen LogP contribution in [0.2, 0.25) is 0 Å². The van der Waals surface area contributed by atoms with Crippen molar-refractivity contribution in [3.63, 3.8) is 0 Å². The van der Waals surface area contributed by atoms with Gasteiger partial charge < -0.3 is 0 Å². The first-order valence-corrected chi connectivity index (χ1v) is 7.52. The van der Waals surface area contributed by atoms with E-state index >= 15 is 0 Å². The van der Waals surface area contributed by atoms with Crippen LogP contribution in [-0.2, 0) is 4.79 Å². The van der Waals surface area contributed by atoms with Crippen LogP contribution in [0.25, 0.3) is 0 Å². The topological polar surface area (TPSA) is 58.1 Å². The molecule has 1 atom stereocenters. The van der Waals surface area contributed by atoms with E-state index in [1.165, 1.54) is 16.9 Å². The van der Waals surface area contributed by atoms with Crippen molar-refractivity contribution in [2.45, 2.75) is 12.3 Å². The van der Waals surface area contributed by atoms with Crippen LogP contribution in [-0.4, -0.2) is 40.6 Å². The molecule has 1 aliphatic heterocycles. The van der Waals surface area contributed by atoms with E-state index in [1.54, 1.807) is 5.51 Å². The van der Waals surface area contributed by atoms with E-state index in [4.69, 9.17) is 0 Å². The molecule has 1 aromatic carbocycles. The fourth-order valence-corrected chi connectivity index (χ4v) is 3.02. The molecule has 2 aromatic rings. The second kappa shape index (κ2) is 6.11. The molecule has 20 heavy (non-hydrogen) atoms. The van der Waals surface area contributed by atoms with Gasteiger partial charge in [-0.25, -0.2) is 0 Å². The summed E-state index contributed by atoms with van der Waals surface area (Å²) in [6.07, 6.45) is 1.11. The summed E-state index contributed by atoms with van der Waals surface area (Å²) in [4.78, 5) is 14.1. The zero-order valence-electron chi connectivity index (χ0n) is 11.0. The number of likely N-dealkylation sites (tertiary alicyclic amines) is 1. The van der Waals surface area contributed by atoms with E-state index in [0.29, 0.717) is 17.6 Å². The van der Waals surface area contributed by atoms with Crippen LogP contribution in [0.1, 0.15) is 17.9 Å². The molecule has 104 valence electrons. The molecule has 1 amide bonds. The molecule has 1 aromatic heterocycles. The highest BCUT2D eigenvalue weighted by Gasteiger charge is 2.25.